The molecule has 0 radical (unpaired) electrons. The van der Waals surface area contributed by atoms with E-state index in [-0.39, 0.29) is 17.0 Å². The van der Waals surface area contributed by atoms with Gasteiger partial charge in [-0.15, -0.1) is 6.58 Å². The van der Waals surface area contributed by atoms with Crippen molar-refractivity contribution in [3.05, 3.63) is 71.8 Å². The first-order valence-electron chi connectivity index (χ1n) is 7.75. The fraction of sp³-hybridized carbons (Fsp3) is 0.111. The molecule has 0 unspecified atom stereocenters. The van der Waals surface area contributed by atoms with Crippen molar-refractivity contribution in [2.24, 2.45) is 0 Å². The van der Waals surface area contributed by atoms with E-state index in [0.29, 0.717) is 10.7 Å². The van der Waals surface area contributed by atoms with E-state index >= 15 is 0 Å². The molecule has 0 aromatic heterocycles. The van der Waals surface area contributed by atoms with E-state index in [4.69, 9.17) is 16.3 Å². The lowest BCUT2D eigenvalue weighted by Gasteiger charge is -2.08. The number of rotatable bonds is 8. The maximum atomic E-state index is 12.0. The van der Waals surface area contributed by atoms with E-state index in [2.05, 4.69) is 16.6 Å². The summed E-state index contributed by atoms with van der Waals surface area (Å²) in [6.07, 6.45) is 1.41. The number of ether oxygens (including phenoxy) is 1. The van der Waals surface area contributed by atoms with Gasteiger partial charge in [0.2, 0.25) is 10.0 Å². The molecule has 7 nitrogen and oxygen atoms in total. The van der Waals surface area contributed by atoms with Crippen LogP contribution in [0.15, 0.2) is 66.1 Å². The summed E-state index contributed by atoms with van der Waals surface area (Å²) in [5.74, 6) is -1.31. The second kappa shape index (κ2) is 9.31. The van der Waals surface area contributed by atoms with Gasteiger partial charge in [0, 0.05) is 6.54 Å². The first-order valence-corrected chi connectivity index (χ1v) is 9.62. The summed E-state index contributed by atoms with van der Waals surface area (Å²) in [6, 6.07) is 11.8. The van der Waals surface area contributed by atoms with E-state index in [9.17, 15) is 18.0 Å². The van der Waals surface area contributed by atoms with Crippen molar-refractivity contribution in [1.82, 2.24) is 4.72 Å². The Labute approximate surface area is 162 Å². The molecule has 0 saturated heterocycles. The Bertz CT molecular complexity index is 942. The predicted molar refractivity (Wildman–Crippen MR) is 102 cm³/mol. The number of sulfonamides is 1. The lowest BCUT2D eigenvalue weighted by atomic mass is 10.2. The van der Waals surface area contributed by atoms with Crippen molar-refractivity contribution in [3.63, 3.8) is 0 Å². The third kappa shape index (κ3) is 5.92. The number of hydrogen-bond acceptors (Lipinski definition) is 5. The van der Waals surface area contributed by atoms with Crippen LogP contribution in [0.2, 0.25) is 5.02 Å². The minimum absolute atomic E-state index is 0.00244. The van der Waals surface area contributed by atoms with Crippen LogP contribution in [0.4, 0.5) is 5.69 Å². The molecule has 0 spiro atoms. The number of amides is 1. The lowest BCUT2D eigenvalue weighted by Crippen LogP contribution is -2.23. The average Bonchev–Trinajstić information content (AvgIpc) is 2.66. The molecule has 27 heavy (non-hydrogen) atoms. The monoisotopic (exact) mass is 408 g/mol. The van der Waals surface area contributed by atoms with Gasteiger partial charge in [-0.3, -0.25) is 4.79 Å². The minimum Gasteiger partial charge on any atom is -0.452 e. The third-order valence-electron chi connectivity index (χ3n) is 3.30. The Kier molecular flexibility index (Phi) is 7.12. The number of hydrogen-bond donors (Lipinski definition) is 2. The largest absolute Gasteiger partial charge is 0.452 e. The Balaban J connectivity index is 1.93. The Hall–Kier alpha value is -2.68. The highest BCUT2D eigenvalue weighted by Gasteiger charge is 2.15. The van der Waals surface area contributed by atoms with Gasteiger partial charge in [0.15, 0.2) is 6.61 Å². The number of anilines is 1. The van der Waals surface area contributed by atoms with Crippen LogP contribution >= 0.6 is 11.6 Å². The molecule has 0 bridgehead atoms. The van der Waals surface area contributed by atoms with E-state index in [0.717, 1.165) is 0 Å². The Morgan fingerprint density at radius 1 is 1.11 bits per heavy atom. The SMILES string of the molecule is C=CCNS(=O)(=O)c1ccc(C(=O)OCC(=O)Nc2ccccc2Cl)cc1. The molecule has 0 aliphatic rings. The zero-order valence-corrected chi connectivity index (χ0v) is 15.7. The van der Waals surface area contributed by atoms with Crippen LogP contribution in [0, 0.1) is 0 Å². The summed E-state index contributed by atoms with van der Waals surface area (Å²) in [5, 5.41) is 2.88. The molecule has 0 fully saturated rings. The van der Waals surface area contributed by atoms with Crippen LogP contribution < -0.4 is 10.0 Å². The second-order valence-corrected chi connectivity index (χ2v) is 7.44. The van der Waals surface area contributed by atoms with Gasteiger partial charge in [-0.05, 0) is 36.4 Å². The molecule has 2 rings (SSSR count). The van der Waals surface area contributed by atoms with E-state index in [1.165, 1.54) is 30.3 Å². The molecule has 0 aliphatic carbocycles. The van der Waals surface area contributed by atoms with Gasteiger partial charge in [0.25, 0.3) is 5.91 Å². The number of carbonyl (C=O) groups excluding carboxylic acids is 2. The normalized spacial score (nSPS) is 10.9. The van der Waals surface area contributed by atoms with Crippen LogP contribution in [-0.4, -0.2) is 33.4 Å². The smallest absolute Gasteiger partial charge is 0.338 e. The number of nitrogens with one attached hydrogen (secondary N) is 2. The topological polar surface area (TPSA) is 102 Å². The van der Waals surface area contributed by atoms with Crippen molar-refractivity contribution in [3.8, 4) is 0 Å². The van der Waals surface area contributed by atoms with Gasteiger partial charge < -0.3 is 10.1 Å². The molecular weight excluding hydrogens is 392 g/mol. The van der Waals surface area contributed by atoms with Gasteiger partial charge >= 0.3 is 5.97 Å². The molecule has 0 aliphatic heterocycles. The van der Waals surface area contributed by atoms with Crippen molar-refractivity contribution in [2.75, 3.05) is 18.5 Å². The lowest BCUT2D eigenvalue weighted by molar-refractivity contribution is -0.119. The molecule has 142 valence electrons. The molecule has 1 amide bonds. The first-order chi connectivity index (χ1) is 12.8. The molecular formula is C18H17ClN2O5S. The average molecular weight is 409 g/mol. The van der Waals surface area contributed by atoms with Gasteiger partial charge in [-0.2, -0.15) is 0 Å². The van der Waals surface area contributed by atoms with Crippen LogP contribution in [0.5, 0.6) is 0 Å². The zero-order valence-electron chi connectivity index (χ0n) is 14.1. The van der Waals surface area contributed by atoms with Crippen molar-refractivity contribution in [2.45, 2.75) is 4.90 Å². The number of para-hydroxylation sites is 1. The zero-order chi connectivity index (χ0) is 19.9. The summed E-state index contributed by atoms with van der Waals surface area (Å²) in [6.45, 7) is 3.01. The molecule has 9 heteroatoms. The Morgan fingerprint density at radius 3 is 2.41 bits per heavy atom. The number of halogens is 1. The third-order valence-corrected chi connectivity index (χ3v) is 5.07. The fourth-order valence-electron chi connectivity index (χ4n) is 1.99. The molecule has 2 aromatic rings. The maximum Gasteiger partial charge on any atom is 0.338 e. The van der Waals surface area contributed by atoms with E-state index < -0.39 is 28.5 Å². The standard InChI is InChI=1S/C18H17ClN2O5S/c1-2-11-20-27(24,25)14-9-7-13(8-10-14)18(23)26-12-17(22)21-16-6-4-3-5-15(16)19/h2-10,20H,1,11-12H2,(H,21,22). The minimum atomic E-state index is -3.68. The molecule has 2 aromatic carbocycles. The van der Waals surface area contributed by atoms with E-state index in [1.54, 1.807) is 24.3 Å². The molecule has 0 saturated carbocycles. The fourth-order valence-corrected chi connectivity index (χ4v) is 3.17. The number of carbonyl (C=O) groups is 2. The van der Waals surface area contributed by atoms with Crippen molar-refractivity contribution in [1.29, 1.82) is 0 Å². The first kappa shape index (κ1) is 20.6. The van der Waals surface area contributed by atoms with Gasteiger partial charge in [0.1, 0.15) is 0 Å². The predicted octanol–water partition coefficient (Wildman–Crippen LogP) is 2.60. The summed E-state index contributed by atoms with van der Waals surface area (Å²) in [7, 11) is -3.68. The molecule has 0 heterocycles. The van der Waals surface area contributed by atoms with E-state index in [1.807, 2.05) is 0 Å². The summed E-state index contributed by atoms with van der Waals surface area (Å²) >= 11 is 5.93. The highest BCUT2D eigenvalue weighted by Crippen LogP contribution is 2.20. The highest BCUT2D eigenvalue weighted by molar-refractivity contribution is 7.89. The second-order valence-electron chi connectivity index (χ2n) is 5.27. The van der Waals surface area contributed by atoms with Crippen LogP contribution in [0.25, 0.3) is 0 Å². The summed E-state index contributed by atoms with van der Waals surface area (Å²) in [4.78, 5) is 23.8. The highest BCUT2D eigenvalue weighted by atomic mass is 35.5. The van der Waals surface area contributed by atoms with Crippen LogP contribution in [0.1, 0.15) is 10.4 Å². The van der Waals surface area contributed by atoms with Crippen LogP contribution in [-0.2, 0) is 19.6 Å². The number of benzene rings is 2. The van der Waals surface area contributed by atoms with Crippen molar-refractivity contribution < 1.29 is 22.7 Å². The summed E-state index contributed by atoms with van der Waals surface area (Å²) < 4.78 is 31.1. The van der Waals surface area contributed by atoms with Gasteiger partial charge in [-0.1, -0.05) is 29.8 Å². The summed E-state index contributed by atoms with van der Waals surface area (Å²) in [5.41, 5.74) is 0.519. The molecule has 2 N–H and O–H groups in total. The van der Waals surface area contributed by atoms with Crippen molar-refractivity contribution >= 4 is 39.2 Å². The Morgan fingerprint density at radius 2 is 1.78 bits per heavy atom. The molecule has 0 atom stereocenters. The quantitative estimate of drug-likeness (QED) is 0.516. The maximum absolute atomic E-state index is 12.0. The van der Waals surface area contributed by atoms with Crippen LogP contribution in [0.3, 0.4) is 0 Å². The number of esters is 1. The van der Waals surface area contributed by atoms with Gasteiger partial charge in [-0.25, -0.2) is 17.9 Å². The van der Waals surface area contributed by atoms with Gasteiger partial charge in [0.05, 0.1) is 21.2 Å².